The van der Waals surface area contributed by atoms with Gasteiger partial charge in [-0.15, -0.1) is 11.3 Å². The topological polar surface area (TPSA) is 90.0 Å². The van der Waals surface area contributed by atoms with Gasteiger partial charge in [0, 0.05) is 19.5 Å². The standard InChI is InChI=1S/C15H20N4O2S/c1-15(8-16,10-2-3-10)18-12(20)4-6-19-9-17-13-11(14(19)21)5-7-22-13/h5,7,9-10H,2-4,6,8,16H2,1H3,(H,18,20). The zero-order valence-electron chi connectivity index (χ0n) is 12.5. The van der Waals surface area contributed by atoms with Crippen LogP contribution in [0.15, 0.2) is 22.6 Å². The Morgan fingerprint density at radius 2 is 2.36 bits per heavy atom. The Labute approximate surface area is 132 Å². The molecule has 2 aromatic rings. The summed E-state index contributed by atoms with van der Waals surface area (Å²) in [6.07, 6.45) is 4.00. The first kappa shape index (κ1) is 15.2. The number of nitrogens with zero attached hydrogens (tertiary/aromatic N) is 2. The number of aromatic nitrogens is 2. The Hall–Kier alpha value is -1.73. The SMILES string of the molecule is CC(CN)(NC(=O)CCn1cnc2sccc2c1=O)C1CC1. The summed E-state index contributed by atoms with van der Waals surface area (Å²) >= 11 is 1.44. The van der Waals surface area contributed by atoms with Crippen molar-refractivity contribution >= 4 is 27.5 Å². The number of thiophene rings is 1. The van der Waals surface area contributed by atoms with Gasteiger partial charge in [-0.25, -0.2) is 4.98 Å². The van der Waals surface area contributed by atoms with Crippen LogP contribution in [0.3, 0.4) is 0 Å². The van der Waals surface area contributed by atoms with E-state index in [4.69, 9.17) is 5.73 Å². The van der Waals surface area contributed by atoms with Gasteiger partial charge in [-0.3, -0.25) is 14.2 Å². The van der Waals surface area contributed by atoms with Crippen molar-refractivity contribution < 1.29 is 4.79 Å². The highest BCUT2D eigenvalue weighted by Gasteiger charge is 2.41. The minimum Gasteiger partial charge on any atom is -0.349 e. The maximum atomic E-state index is 12.2. The predicted octanol–water partition coefficient (Wildman–Crippen LogP) is 1.09. The average molecular weight is 320 g/mol. The molecule has 0 spiro atoms. The van der Waals surface area contributed by atoms with Gasteiger partial charge >= 0.3 is 0 Å². The average Bonchev–Trinajstić information content (AvgIpc) is 3.25. The number of hydrogen-bond donors (Lipinski definition) is 2. The number of aryl methyl sites for hydroxylation is 1. The third-order valence-electron chi connectivity index (χ3n) is 4.36. The Balaban J connectivity index is 1.65. The fraction of sp³-hybridized carbons (Fsp3) is 0.533. The van der Waals surface area contributed by atoms with Crippen LogP contribution < -0.4 is 16.6 Å². The highest BCUT2D eigenvalue weighted by atomic mass is 32.1. The van der Waals surface area contributed by atoms with Gasteiger partial charge < -0.3 is 11.1 Å². The van der Waals surface area contributed by atoms with E-state index in [0.717, 1.165) is 17.7 Å². The van der Waals surface area contributed by atoms with Crippen LogP contribution in [0, 0.1) is 5.92 Å². The molecule has 0 aliphatic heterocycles. The van der Waals surface area contributed by atoms with Gasteiger partial charge in [-0.2, -0.15) is 0 Å². The van der Waals surface area contributed by atoms with E-state index in [2.05, 4.69) is 10.3 Å². The van der Waals surface area contributed by atoms with Crippen molar-refractivity contribution in [1.82, 2.24) is 14.9 Å². The molecule has 22 heavy (non-hydrogen) atoms. The summed E-state index contributed by atoms with van der Waals surface area (Å²) in [4.78, 5) is 29.4. The van der Waals surface area contributed by atoms with Crippen molar-refractivity contribution in [2.45, 2.75) is 38.3 Å². The maximum absolute atomic E-state index is 12.2. The summed E-state index contributed by atoms with van der Waals surface area (Å²) < 4.78 is 1.49. The molecule has 7 heteroatoms. The normalized spacial score (nSPS) is 17.4. The second-order valence-corrected chi connectivity index (χ2v) is 6.97. The van der Waals surface area contributed by atoms with Gasteiger partial charge in [0.2, 0.25) is 5.91 Å². The van der Waals surface area contributed by atoms with Gasteiger partial charge in [0.15, 0.2) is 0 Å². The molecule has 2 heterocycles. The number of amides is 1. The lowest BCUT2D eigenvalue weighted by Gasteiger charge is -2.29. The molecule has 118 valence electrons. The third-order valence-corrected chi connectivity index (χ3v) is 5.18. The van der Waals surface area contributed by atoms with Gasteiger partial charge in [-0.05, 0) is 37.1 Å². The number of carbonyl (C=O) groups excluding carboxylic acids is 1. The lowest BCUT2D eigenvalue weighted by molar-refractivity contribution is -0.123. The molecular weight excluding hydrogens is 300 g/mol. The highest BCUT2D eigenvalue weighted by Crippen LogP contribution is 2.38. The monoisotopic (exact) mass is 320 g/mol. The molecule has 0 saturated heterocycles. The molecular formula is C15H20N4O2S. The molecule has 1 amide bonds. The Morgan fingerprint density at radius 3 is 3.05 bits per heavy atom. The van der Waals surface area contributed by atoms with Crippen molar-refractivity contribution in [2.75, 3.05) is 6.54 Å². The van der Waals surface area contributed by atoms with Crippen LogP contribution >= 0.6 is 11.3 Å². The third kappa shape index (κ3) is 2.91. The quantitative estimate of drug-likeness (QED) is 0.834. The fourth-order valence-corrected chi connectivity index (χ4v) is 3.42. The summed E-state index contributed by atoms with van der Waals surface area (Å²) in [5.74, 6) is 0.408. The largest absolute Gasteiger partial charge is 0.349 e. The van der Waals surface area contributed by atoms with Gasteiger partial charge in [-0.1, -0.05) is 0 Å². The van der Waals surface area contributed by atoms with Crippen molar-refractivity contribution in [3.05, 3.63) is 28.1 Å². The molecule has 0 radical (unpaired) electrons. The van der Waals surface area contributed by atoms with E-state index in [1.165, 1.54) is 22.2 Å². The first-order chi connectivity index (χ1) is 10.5. The van der Waals surface area contributed by atoms with Crippen LogP contribution in [0.4, 0.5) is 0 Å². The molecule has 1 aliphatic carbocycles. The number of nitrogens with two attached hydrogens (primary N) is 1. The fourth-order valence-electron chi connectivity index (χ4n) is 2.70. The summed E-state index contributed by atoms with van der Waals surface area (Å²) in [5.41, 5.74) is 5.38. The Bertz CT molecular complexity index is 749. The predicted molar refractivity (Wildman–Crippen MR) is 86.8 cm³/mol. The molecule has 1 unspecified atom stereocenters. The summed E-state index contributed by atoms with van der Waals surface area (Å²) in [6.45, 7) is 2.76. The molecule has 1 saturated carbocycles. The maximum Gasteiger partial charge on any atom is 0.262 e. The van der Waals surface area contributed by atoms with E-state index < -0.39 is 0 Å². The molecule has 2 aromatic heterocycles. The molecule has 3 rings (SSSR count). The van der Waals surface area contributed by atoms with Crippen molar-refractivity contribution in [2.24, 2.45) is 11.7 Å². The smallest absolute Gasteiger partial charge is 0.262 e. The van der Waals surface area contributed by atoms with Crippen LogP contribution in [-0.4, -0.2) is 27.5 Å². The molecule has 1 atom stereocenters. The van der Waals surface area contributed by atoms with Crippen molar-refractivity contribution in [3.8, 4) is 0 Å². The number of nitrogens with one attached hydrogen (secondary N) is 1. The van der Waals surface area contributed by atoms with Crippen LogP contribution in [-0.2, 0) is 11.3 Å². The van der Waals surface area contributed by atoms with E-state index in [0.29, 0.717) is 24.4 Å². The van der Waals surface area contributed by atoms with Gasteiger partial charge in [0.1, 0.15) is 4.83 Å². The van der Waals surface area contributed by atoms with E-state index in [9.17, 15) is 9.59 Å². The number of carbonyl (C=O) groups is 1. The second kappa shape index (κ2) is 5.81. The van der Waals surface area contributed by atoms with Crippen LogP contribution in [0.1, 0.15) is 26.2 Å². The molecule has 1 fully saturated rings. The van der Waals surface area contributed by atoms with Crippen LogP contribution in [0.25, 0.3) is 10.2 Å². The lowest BCUT2D eigenvalue weighted by Crippen LogP contribution is -2.53. The molecule has 0 aromatic carbocycles. The van der Waals surface area contributed by atoms with Crippen LogP contribution in [0.2, 0.25) is 0 Å². The molecule has 0 bridgehead atoms. The minimum atomic E-state index is -0.322. The zero-order valence-corrected chi connectivity index (χ0v) is 13.4. The minimum absolute atomic E-state index is 0.0721. The van der Waals surface area contributed by atoms with E-state index in [1.54, 1.807) is 6.07 Å². The zero-order chi connectivity index (χ0) is 15.7. The number of fused-ring (bicyclic) bond motifs is 1. The first-order valence-corrected chi connectivity index (χ1v) is 8.35. The summed E-state index contributed by atoms with van der Waals surface area (Å²) in [5, 5.41) is 5.48. The Morgan fingerprint density at radius 1 is 1.59 bits per heavy atom. The molecule has 6 nitrogen and oxygen atoms in total. The van der Waals surface area contributed by atoms with Gasteiger partial charge in [0.25, 0.3) is 5.56 Å². The van der Waals surface area contributed by atoms with Gasteiger partial charge in [0.05, 0.1) is 17.3 Å². The highest BCUT2D eigenvalue weighted by molar-refractivity contribution is 7.16. The van der Waals surface area contributed by atoms with Crippen molar-refractivity contribution in [1.29, 1.82) is 0 Å². The van der Waals surface area contributed by atoms with E-state index in [1.807, 2.05) is 12.3 Å². The summed E-state index contributed by atoms with van der Waals surface area (Å²) in [7, 11) is 0. The lowest BCUT2D eigenvalue weighted by atomic mass is 9.96. The number of hydrogen-bond acceptors (Lipinski definition) is 5. The molecule has 1 aliphatic rings. The van der Waals surface area contributed by atoms with Crippen molar-refractivity contribution in [3.63, 3.8) is 0 Å². The molecule has 3 N–H and O–H groups in total. The number of rotatable bonds is 6. The summed E-state index contributed by atoms with van der Waals surface area (Å²) in [6, 6.07) is 1.77. The van der Waals surface area contributed by atoms with E-state index >= 15 is 0 Å². The van der Waals surface area contributed by atoms with Crippen LogP contribution in [0.5, 0.6) is 0 Å². The first-order valence-electron chi connectivity index (χ1n) is 7.47. The second-order valence-electron chi connectivity index (χ2n) is 6.08. The van der Waals surface area contributed by atoms with E-state index in [-0.39, 0.29) is 23.4 Å². The Kier molecular flexibility index (Phi) is 4.01.